The summed E-state index contributed by atoms with van der Waals surface area (Å²) in [6, 6.07) is 5.74. The van der Waals surface area contributed by atoms with Gasteiger partial charge in [-0.25, -0.2) is 17.5 Å². The quantitative estimate of drug-likeness (QED) is 0.401. The number of nitrogens with one attached hydrogen (secondary N) is 3. The fraction of sp³-hybridized carbons (Fsp3) is 0.480. The zero-order chi connectivity index (χ0) is 25.8. The van der Waals surface area contributed by atoms with Crippen molar-refractivity contribution in [3.05, 3.63) is 46.9 Å². The molecule has 0 aliphatic heterocycles. The summed E-state index contributed by atoms with van der Waals surface area (Å²) >= 11 is 5.53. The molecule has 1 aromatic carbocycles. The number of hydrogen-bond acceptors (Lipinski definition) is 5. The fourth-order valence-electron chi connectivity index (χ4n) is 4.78. The second kappa shape index (κ2) is 9.04. The number of rotatable bonds is 7. The molecular weight excluding hydrogens is 499 g/mol. The summed E-state index contributed by atoms with van der Waals surface area (Å²) < 4.78 is 45.6. The molecule has 8 nitrogen and oxygen atoms in total. The van der Waals surface area contributed by atoms with Crippen molar-refractivity contribution in [1.29, 1.82) is 0 Å². The van der Waals surface area contributed by atoms with Crippen molar-refractivity contribution < 1.29 is 12.8 Å². The van der Waals surface area contributed by atoms with E-state index in [1.54, 1.807) is 10.9 Å². The van der Waals surface area contributed by atoms with Crippen LogP contribution >= 0.6 is 12.2 Å². The van der Waals surface area contributed by atoms with Gasteiger partial charge in [-0.3, -0.25) is 9.67 Å². The minimum Gasteiger partial charge on any atom is -0.359 e. The average molecular weight is 531 g/mol. The van der Waals surface area contributed by atoms with E-state index in [-0.39, 0.29) is 17.5 Å². The number of benzene rings is 1. The van der Waals surface area contributed by atoms with Crippen LogP contribution in [-0.2, 0) is 29.9 Å². The summed E-state index contributed by atoms with van der Waals surface area (Å²) in [5, 5.41) is 12.7. The molecule has 3 aromatic rings. The number of halogens is 1. The molecular formula is C25H31FN6O2S2. The molecule has 2 heterocycles. The van der Waals surface area contributed by atoms with Crippen LogP contribution in [0.4, 0.5) is 10.2 Å². The summed E-state index contributed by atoms with van der Waals surface area (Å²) in [4.78, 5) is 4.83. The molecule has 11 heteroatoms. The van der Waals surface area contributed by atoms with Gasteiger partial charge in [0.1, 0.15) is 11.5 Å². The molecule has 192 valence electrons. The van der Waals surface area contributed by atoms with E-state index in [1.165, 1.54) is 13.8 Å². The molecule has 36 heavy (non-hydrogen) atoms. The fourth-order valence-corrected chi connectivity index (χ4v) is 6.74. The minimum absolute atomic E-state index is 0.0893. The van der Waals surface area contributed by atoms with Gasteiger partial charge in [-0.05, 0) is 81.9 Å². The lowest BCUT2D eigenvalue weighted by molar-refractivity contribution is 0.221. The molecule has 0 bridgehead atoms. The molecule has 0 amide bonds. The van der Waals surface area contributed by atoms with Crippen molar-refractivity contribution in [2.24, 2.45) is 7.05 Å². The molecule has 1 saturated carbocycles. The molecule has 0 radical (unpaired) electrons. The summed E-state index contributed by atoms with van der Waals surface area (Å²) in [5.74, 6) is 1.15. The smallest absolute Gasteiger partial charge is 0.241 e. The van der Waals surface area contributed by atoms with E-state index >= 15 is 0 Å². The summed E-state index contributed by atoms with van der Waals surface area (Å²) in [5.41, 5.74) is 1.79. The highest BCUT2D eigenvalue weighted by Crippen LogP contribution is 2.42. The number of pyridine rings is 1. The number of fused-ring (bicyclic) bond motifs is 2. The van der Waals surface area contributed by atoms with Crippen LogP contribution in [0.3, 0.4) is 0 Å². The van der Waals surface area contributed by atoms with Crippen LogP contribution in [0.5, 0.6) is 0 Å². The number of nitrogens with zero attached hydrogens (tertiary/aromatic N) is 3. The van der Waals surface area contributed by atoms with Gasteiger partial charge in [0.25, 0.3) is 0 Å². The van der Waals surface area contributed by atoms with Gasteiger partial charge in [0.05, 0.1) is 10.6 Å². The van der Waals surface area contributed by atoms with Gasteiger partial charge in [-0.2, -0.15) is 5.10 Å². The number of sulfonamides is 1. The first-order valence-corrected chi connectivity index (χ1v) is 14.0. The zero-order valence-corrected chi connectivity index (χ0v) is 22.5. The van der Waals surface area contributed by atoms with E-state index in [1.807, 2.05) is 32.2 Å². The SMILES string of the molecule is Cc1cc(NC(=S)NC2Cc3cc4cnc(C5CC5)cc4c(S(=O)(=O)NCC(C)(C)F)c3C2)n(C)n1. The summed E-state index contributed by atoms with van der Waals surface area (Å²) in [7, 11) is -2.14. The third-order valence-corrected chi connectivity index (χ3v) is 8.38. The van der Waals surface area contributed by atoms with Crippen molar-refractivity contribution in [2.75, 3.05) is 11.9 Å². The maximum absolute atomic E-state index is 14.2. The van der Waals surface area contributed by atoms with Crippen LogP contribution in [0, 0.1) is 6.92 Å². The minimum atomic E-state index is -3.98. The lowest BCUT2D eigenvalue weighted by Crippen LogP contribution is -2.38. The first-order valence-electron chi connectivity index (χ1n) is 12.1. The number of hydrogen-bond donors (Lipinski definition) is 3. The predicted octanol–water partition coefficient (Wildman–Crippen LogP) is 3.63. The highest BCUT2D eigenvalue weighted by molar-refractivity contribution is 7.89. The molecule has 1 unspecified atom stereocenters. The first kappa shape index (κ1) is 25.0. The maximum atomic E-state index is 14.2. The summed E-state index contributed by atoms with van der Waals surface area (Å²) in [6.07, 6.45) is 4.98. The second-order valence-corrected chi connectivity index (χ2v) is 12.6. The van der Waals surface area contributed by atoms with Crippen molar-refractivity contribution in [3.8, 4) is 0 Å². The standard InChI is InChI=1S/C25H31FN6O2S2/c1-14-7-22(32(4)31-14)30-24(35)29-18-9-16-8-17-12-27-21(15-5-6-15)11-20(17)23(19(16)10-18)36(33,34)28-13-25(2,3)26/h7-8,11-12,15,18,28H,5-6,9-10,13H2,1-4H3,(H2,29,30,35). The van der Waals surface area contributed by atoms with Crippen molar-refractivity contribution in [2.45, 2.75) is 69.0 Å². The largest absolute Gasteiger partial charge is 0.359 e. The van der Waals surface area contributed by atoms with Crippen molar-refractivity contribution >= 4 is 43.9 Å². The first-order chi connectivity index (χ1) is 16.9. The Morgan fingerprint density at radius 1 is 1.25 bits per heavy atom. The van der Waals surface area contributed by atoms with E-state index in [4.69, 9.17) is 12.2 Å². The number of alkyl halides is 1. The van der Waals surface area contributed by atoms with Gasteiger partial charge in [-0.1, -0.05) is 0 Å². The Kier molecular flexibility index (Phi) is 6.29. The number of anilines is 1. The van der Waals surface area contributed by atoms with Crippen LogP contribution in [0.25, 0.3) is 10.8 Å². The Bertz CT molecular complexity index is 1460. The van der Waals surface area contributed by atoms with Crippen LogP contribution in [0.2, 0.25) is 0 Å². The topological polar surface area (TPSA) is 101 Å². The monoisotopic (exact) mass is 530 g/mol. The molecule has 1 fully saturated rings. The van der Waals surface area contributed by atoms with Crippen molar-refractivity contribution in [1.82, 2.24) is 24.8 Å². The molecule has 2 aliphatic carbocycles. The molecule has 0 saturated heterocycles. The molecule has 0 spiro atoms. The number of aryl methyl sites for hydroxylation is 2. The maximum Gasteiger partial charge on any atom is 0.241 e. The zero-order valence-electron chi connectivity index (χ0n) is 20.9. The molecule has 2 aliphatic rings. The van der Waals surface area contributed by atoms with E-state index in [0.29, 0.717) is 29.3 Å². The van der Waals surface area contributed by atoms with Crippen molar-refractivity contribution in [3.63, 3.8) is 0 Å². The lowest BCUT2D eigenvalue weighted by Gasteiger charge is -2.19. The average Bonchev–Trinajstić information content (AvgIpc) is 3.48. The Labute approximate surface area is 216 Å². The second-order valence-electron chi connectivity index (χ2n) is 10.5. The molecule has 2 aromatic heterocycles. The highest BCUT2D eigenvalue weighted by Gasteiger charge is 2.33. The molecule has 3 N–H and O–H groups in total. The van der Waals surface area contributed by atoms with E-state index < -0.39 is 15.7 Å². The number of aromatic nitrogens is 3. The predicted molar refractivity (Wildman–Crippen MR) is 143 cm³/mol. The molecule has 1 atom stereocenters. The van der Waals surface area contributed by atoms with Gasteiger partial charge < -0.3 is 10.6 Å². The number of thiocarbonyl (C=S) groups is 1. The van der Waals surface area contributed by atoms with Crippen LogP contribution < -0.4 is 15.4 Å². The summed E-state index contributed by atoms with van der Waals surface area (Å²) in [6.45, 7) is 4.32. The molecule has 5 rings (SSSR count). The Balaban J connectivity index is 1.47. The lowest BCUT2D eigenvalue weighted by atomic mass is 10.0. The normalized spacial score (nSPS) is 17.9. The van der Waals surface area contributed by atoms with Gasteiger partial charge >= 0.3 is 0 Å². The van der Waals surface area contributed by atoms with E-state index in [0.717, 1.165) is 46.6 Å². The van der Waals surface area contributed by atoms with E-state index in [2.05, 4.69) is 25.4 Å². The van der Waals surface area contributed by atoms with Crippen LogP contribution in [-0.4, -0.2) is 46.6 Å². The third-order valence-electron chi connectivity index (χ3n) is 6.63. The Morgan fingerprint density at radius 3 is 2.64 bits per heavy atom. The highest BCUT2D eigenvalue weighted by atomic mass is 32.2. The Morgan fingerprint density at radius 2 is 2.00 bits per heavy atom. The van der Waals surface area contributed by atoms with Gasteiger partial charge in [0.2, 0.25) is 10.0 Å². The van der Waals surface area contributed by atoms with Crippen LogP contribution in [0.15, 0.2) is 29.3 Å². The van der Waals surface area contributed by atoms with E-state index in [9.17, 15) is 12.8 Å². The van der Waals surface area contributed by atoms with Gasteiger partial charge in [0, 0.05) is 54.3 Å². The third kappa shape index (κ3) is 5.23. The Hall–Kier alpha value is -2.63. The van der Waals surface area contributed by atoms with Gasteiger partial charge in [-0.15, -0.1) is 0 Å². The van der Waals surface area contributed by atoms with Crippen LogP contribution in [0.1, 0.15) is 55.1 Å². The van der Waals surface area contributed by atoms with Gasteiger partial charge in [0.15, 0.2) is 5.11 Å².